The summed E-state index contributed by atoms with van der Waals surface area (Å²) in [5.74, 6) is 3.28. The first-order valence-electron chi connectivity index (χ1n) is 27.7. The lowest BCUT2D eigenvalue weighted by molar-refractivity contribution is 0.483. The maximum atomic E-state index is 6.91. The van der Waals surface area contributed by atoms with Crippen LogP contribution in [0.1, 0.15) is 158 Å². The molecule has 0 radical (unpaired) electrons. The Bertz CT molecular complexity index is 3620. The molecule has 1 aliphatic rings. The minimum atomic E-state index is -0.150. The zero-order chi connectivity index (χ0) is 55.4. The molecule has 6 heteroatoms. The summed E-state index contributed by atoms with van der Waals surface area (Å²) in [6, 6.07) is 51.7. The highest BCUT2D eigenvalue weighted by Gasteiger charge is 2.37. The Hall–Kier alpha value is -7.18. The molecule has 0 atom stereocenters. The number of hydrogen-bond donors (Lipinski definition) is 0. The van der Waals surface area contributed by atoms with Crippen LogP contribution in [0.5, 0.6) is 11.5 Å². The van der Waals surface area contributed by atoms with Crippen LogP contribution >= 0.6 is 0 Å². The number of ether oxygens (including phenoxy) is 1. The molecule has 0 saturated heterocycles. The predicted octanol–water partition coefficient (Wildman–Crippen LogP) is 19.7. The van der Waals surface area contributed by atoms with Gasteiger partial charge in [0.25, 0.3) is 0 Å². The Kier molecular flexibility index (Phi) is 13.0. The fraction of sp³-hybridized carbons (Fsp3) is 0.352. The number of aromatic nitrogens is 3. The van der Waals surface area contributed by atoms with Gasteiger partial charge in [-0.1, -0.05) is 185 Å². The summed E-state index contributed by atoms with van der Waals surface area (Å²) in [5.41, 5.74) is 17.7. The topological polar surface area (TPSA) is 46.4 Å². The number of pyridine rings is 2. The van der Waals surface area contributed by atoms with Crippen molar-refractivity contribution in [2.24, 2.45) is 0 Å². The smallest absolute Gasteiger partial charge is 0.158 e. The number of nitrogens with zero attached hydrogens (tertiary/aromatic N) is 5. The molecule has 0 fully saturated rings. The van der Waals surface area contributed by atoms with Crippen LogP contribution in [0.15, 0.2) is 152 Å². The van der Waals surface area contributed by atoms with E-state index in [0.29, 0.717) is 6.67 Å². The van der Waals surface area contributed by atoms with Gasteiger partial charge in [-0.2, -0.15) is 0 Å². The van der Waals surface area contributed by atoms with E-state index in [-0.39, 0.29) is 32.5 Å². The fourth-order valence-corrected chi connectivity index (χ4v) is 11.1. The largest absolute Gasteiger partial charge is 0.457 e. The highest BCUT2D eigenvalue weighted by molar-refractivity contribution is 6.09. The summed E-state index contributed by atoms with van der Waals surface area (Å²) >= 11 is 0. The molecule has 1 aliphatic heterocycles. The molecule has 0 aliphatic carbocycles. The minimum absolute atomic E-state index is 0.0165. The molecule has 10 rings (SSSR count). The summed E-state index contributed by atoms with van der Waals surface area (Å²) in [6.07, 6.45) is 3.85. The first-order chi connectivity index (χ1) is 36.0. The van der Waals surface area contributed by atoms with Crippen molar-refractivity contribution in [2.45, 2.75) is 157 Å². The zero-order valence-corrected chi connectivity index (χ0v) is 49.3. The van der Waals surface area contributed by atoms with Crippen molar-refractivity contribution in [1.82, 2.24) is 14.5 Å². The van der Waals surface area contributed by atoms with E-state index >= 15 is 0 Å². The Morgan fingerprint density at radius 3 is 1.53 bits per heavy atom. The summed E-state index contributed by atoms with van der Waals surface area (Å²) in [4.78, 5) is 15.0. The van der Waals surface area contributed by atoms with Crippen molar-refractivity contribution in [3.05, 3.63) is 185 Å². The quantitative estimate of drug-likeness (QED) is 0.159. The normalized spacial score (nSPS) is 13.7. The second kappa shape index (κ2) is 18.8. The number of rotatable bonds is 7. The van der Waals surface area contributed by atoms with Gasteiger partial charge in [0.05, 0.1) is 22.4 Å². The molecule has 9 aromatic rings. The molecule has 77 heavy (non-hydrogen) atoms. The predicted molar refractivity (Wildman–Crippen MR) is 328 cm³/mol. The number of benzene rings is 6. The van der Waals surface area contributed by atoms with Crippen LogP contribution in [0.25, 0.3) is 49.9 Å². The molecule has 6 aromatic carbocycles. The average Bonchev–Trinajstić information content (AvgIpc) is 3.98. The SMILES string of the molecule is CC(C)(C)c1ccnc(-n2c3ccccc3c3ccc(Oc4cccc(N5CN(c6c(-c7ccc(C(C)(C)C)cc7C(C)(C)C)cc(C(C)(C)C)cc6-c6ccc(C(C)(C)C)cc6C(C)(C)C)c6cccnc65)c4)cc32)c1. The Balaban J connectivity index is 1.15. The lowest BCUT2D eigenvalue weighted by Crippen LogP contribution is -2.26. The average molecular weight is 1020 g/mol. The molecule has 0 amide bonds. The Labute approximate surface area is 460 Å². The van der Waals surface area contributed by atoms with E-state index in [2.05, 4.69) is 279 Å². The summed E-state index contributed by atoms with van der Waals surface area (Å²) < 4.78 is 9.18. The van der Waals surface area contributed by atoms with Gasteiger partial charge < -0.3 is 14.5 Å². The minimum Gasteiger partial charge on any atom is -0.457 e. The number of fused-ring (bicyclic) bond motifs is 4. The molecule has 0 N–H and O–H groups in total. The standard InChI is InChI=1S/C71H81N5O/c1-66(2,3)45-28-31-52(58(39-45)70(13,14)15)56-37-48(69(10,11)12)38-57(53-32-29-46(67(4,5)6)40-59(53)71(16,17)18)64(56)75-44-74(65-61(75)27-22-35-73-65)49-23-21-24-50(42-49)77-51-30-33-55-54-25-19-20-26-60(54)76(62(55)43-51)63-41-47(34-36-72-63)68(7,8)9/h19-43H,44H2,1-18H3. The molecule has 0 saturated carbocycles. The van der Waals surface area contributed by atoms with Crippen LogP contribution in [0.2, 0.25) is 0 Å². The van der Waals surface area contributed by atoms with Crippen molar-refractivity contribution in [1.29, 1.82) is 0 Å². The summed E-state index contributed by atoms with van der Waals surface area (Å²) in [5, 5.41) is 2.33. The van der Waals surface area contributed by atoms with E-state index in [1.807, 2.05) is 12.4 Å². The van der Waals surface area contributed by atoms with Crippen LogP contribution in [-0.4, -0.2) is 21.2 Å². The summed E-state index contributed by atoms with van der Waals surface area (Å²) in [7, 11) is 0. The van der Waals surface area contributed by atoms with E-state index in [1.165, 1.54) is 66.7 Å². The molecule has 0 spiro atoms. The molecular formula is C71H81N5O. The van der Waals surface area contributed by atoms with Crippen molar-refractivity contribution in [3.63, 3.8) is 0 Å². The van der Waals surface area contributed by atoms with Gasteiger partial charge in [-0.05, 0) is 144 Å². The first-order valence-corrected chi connectivity index (χ1v) is 27.7. The van der Waals surface area contributed by atoms with E-state index in [0.717, 1.165) is 50.9 Å². The van der Waals surface area contributed by atoms with Gasteiger partial charge in [0, 0.05) is 52.1 Å². The van der Waals surface area contributed by atoms with Crippen LogP contribution in [0.4, 0.5) is 22.9 Å². The van der Waals surface area contributed by atoms with Gasteiger partial charge in [0.1, 0.15) is 24.0 Å². The second-order valence-corrected chi connectivity index (χ2v) is 27.8. The van der Waals surface area contributed by atoms with E-state index in [1.54, 1.807) is 0 Å². The molecule has 396 valence electrons. The summed E-state index contributed by atoms with van der Waals surface area (Å²) in [6.45, 7) is 42.4. The second-order valence-electron chi connectivity index (χ2n) is 27.8. The van der Waals surface area contributed by atoms with Gasteiger partial charge in [0.15, 0.2) is 5.82 Å². The molecule has 0 bridgehead atoms. The van der Waals surface area contributed by atoms with Crippen LogP contribution in [0.3, 0.4) is 0 Å². The van der Waals surface area contributed by atoms with Gasteiger partial charge >= 0.3 is 0 Å². The monoisotopic (exact) mass is 1020 g/mol. The molecule has 4 heterocycles. The van der Waals surface area contributed by atoms with Crippen LogP contribution in [-0.2, 0) is 32.5 Å². The maximum Gasteiger partial charge on any atom is 0.158 e. The first kappa shape index (κ1) is 53.2. The van der Waals surface area contributed by atoms with Crippen molar-refractivity contribution in [2.75, 3.05) is 16.5 Å². The van der Waals surface area contributed by atoms with Crippen molar-refractivity contribution in [3.8, 4) is 39.6 Å². The van der Waals surface area contributed by atoms with E-state index in [4.69, 9.17) is 14.7 Å². The van der Waals surface area contributed by atoms with Gasteiger partial charge in [-0.25, -0.2) is 9.97 Å². The fourth-order valence-electron chi connectivity index (χ4n) is 11.1. The van der Waals surface area contributed by atoms with Gasteiger partial charge in [-0.15, -0.1) is 0 Å². The molecule has 3 aromatic heterocycles. The highest BCUT2D eigenvalue weighted by atomic mass is 16.5. The molecular weight excluding hydrogens is 939 g/mol. The zero-order valence-electron chi connectivity index (χ0n) is 49.3. The van der Waals surface area contributed by atoms with Gasteiger partial charge in [-0.3, -0.25) is 4.57 Å². The van der Waals surface area contributed by atoms with Crippen LogP contribution < -0.4 is 14.5 Å². The Morgan fingerprint density at radius 1 is 0.390 bits per heavy atom. The third kappa shape index (κ3) is 10.2. The van der Waals surface area contributed by atoms with Crippen LogP contribution in [0, 0.1) is 0 Å². The number of anilines is 4. The number of para-hydroxylation sites is 1. The third-order valence-corrected chi connectivity index (χ3v) is 15.7. The van der Waals surface area contributed by atoms with E-state index < -0.39 is 0 Å². The van der Waals surface area contributed by atoms with Gasteiger partial charge in [0.2, 0.25) is 0 Å². The molecule has 6 nitrogen and oxygen atoms in total. The number of hydrogen-bond acceptors (Lipinski definition) is 5. The maximum absolute atomic E-state index is 6.91. The lowest BCUT2D eigenvalue weighted by Gasteiger charge is -2.34. The van der Waals surface area contributed by atoms with E-state index in [9.17, 15) is 0 Å². The molecule has 0 unspecified atom stereocenters. The van der Waals surface area contributed by atoms with Crippen molar-refractivity contribution < 1.29 is 4.74 Å². The lowest BCUT2D eigenvalue weighted by atomic mass is 9.74. The van der Waals surface area contributed by atoms with Crippen molar-refractivity contribution >= 4 is 44.7 Å². The Morgan fingerprint density at radius 2 is 0.948 bits per heavy atom. The third-order valence-electron chi connectivity index (χ3n) is 15.7. The highest BCUT2D eigenvalue weighted by Crippen LogP contribution is 2.54.